The SMILES string of the molecule is CN(C)[C@@H](CN=Cc1cc(Br)ccc1O)Cc1ccccc1. The van der Waals surface area contributed by atoms with Crippen LogP contribution in [0.1, 0.15) is 11.1 Å². The molecule has 0 saturated carbocycles. The molecule has 0 heterocycles. The van der Waals surface area contributed by atoms with Gasteiger partial charge in [-0.15, -0.1) is 0 Å². The molecule has 4 heteroatoms. The Morgan fingerprint density at radius 1 is 1.18 bits per heavy atom. The molecule has 1 atom stereocenters. The minimum absolute atomic E-state index is 0.247. The summed E-state index contributed by atoms with van der Waals surface area (Å²) < 4.78 is 0.931. The molecule has 2 aromatic carbocycles. The molecule has 0 radical (unpaired) electrons. The standard InChI is InChI=1S/C18H21BrN2O/c1-21(2)17(10-14-6-4-3-5-7-14)13-20-12-15-11-16(19)8-9-18(15)22/h3-9,11-12,17,22H,10,13H2,1-2H3/t17-/m1/s1. The Morgan fingerprint density at radius 2 is 1.91 bits per heavy atom. The summed E-state index contributed by atoms with van der Waals surface area (Å²) in [5.41, 5.74) is 2.04. The van der Waals surface area contributed by atoms with Gasteiger partial charge in [0.2, 0.25) is 0 Å². The van der Waals surface area contributed by atoms with Crippen molar-refractivity contribution in [2.24, 2.45) is 4.99 Å². The Labute approximate surface area is 140 Å². The lowest BCUT2D eigenvalue weighted by Crippen LogP contribution is -2.32. The van der Waals surface area contributed by atoms with E-state index in [1.165, 1.54) is 5.56 Å². The summed E-state index contributed by atoms with van der Waals surface area (Å²) in [7, 11) is 4.14. The van der Waals surface area contributed by atoms with E-state index in [0.717, 1.165) is 16.5 Å². The van der Waals surface area contributed by atoms with Crippen LogP contribution in [-0.4, -0.2) is 42.9 Å². The third-order valence-corrected chi connectivity index (χ3v) is 4.07. The average molecular weight is 361 g/mol. The lowest BCUT2D eigenvalue weighted by molar-refractivity contribution is 0.298. The van der Waals surface area contributed by atoms with E-state index >= 15 is 0 Å². The van der Waals surface area contributed by atoms with Crippen LogP contribution in [0, 0.1) is 0 Å². The van der Waals surface area contributed by atoms with Crippen LogP contribution >= 0.6 is 15.9 Å². The quantitative estimate of drug-likeness (QED) is 0.796. The molecule has 0 amide bonds. The molecule has 0 aliphatic rings. The maximum absolute atomic E-state index is 9.82. The Morgan fingerprint density at radius 3 is 2.59 bits per heavy atom. The monoisotopic (exact) mass is 360 g/mol. The summed E-state index contributed by atoms with van der Waals surface area (Å²) in [6.07, 6.45) is 2.69. The van der Waals surface area contributed by atoms with Gasteiger partial charge in [-0.1, -0.05) is 46.3 Å². The van der Waals surface area contributed by atoms with Crippen molar-refractivity contribution in [3.8, 4) is 5.75 Å². The zero-order valence-electron chi connectivity index (χ0n) is 12.9. The maximum atomic E-state index is 9.82. The van der Waals surface area contributed by atoms with Crippen molar-refractivity contribution in [3.05, 3.63) is 64.1 Å². The summed E-state index contributed by atoms with van der Waals surface area (Å²) in [4.78, 5) is 6.70. The highest BCUT2D eigenvalue weighted by molar-refractivity contribution is 9.10. The highest BCUT2D eigenvalue weighted by Gasteiger charge is 2.11. The Balaban J connectivity index is 2.02. The van der Waals surface area contributed by atoms with Gasteiger partial charge >= 0.3 is 0 Å². The molecule has 22 heavy (non-hydrogen) atoms. The third-order valence-electron chi connectivity index (χ3n) is 3.58. The first-order chi connectivity index (χ1) is 10.6. The molecule has 0 spiro atoms. The molecule has 116 valence electrons. The predicted octanol–water partition coefficient (Wildman–Crippen LogP) is 3.75. The lowest BCUT2D eigenvalue weighted by atomic mass is 10.1. The molecule has 0 fully saturated rings. The van der Waals surface area contributed by atoms with Gasteiger partial charge in [-0.2, -0.15) is 0 Å². The van der Waals surface area contributed by atoms with Crippen molar-refractivity contribution in [2.45, 2.75) is 12.5 Å². The maximum Gasteiger partial charge on any atom is 0.124 e. The van der Waals surface area contributed by atoms with E-state index in [0.29, 0.717) is 12.6 Å². The van der Waals surface area contributed by atoms with Crippen LogP contribution in [0.15, 0.2) is 58.0 Å². The second kappa shape index (κ2) is 8.11. The number of phenols is 1. The number of hydrogen-bond donors (Lipinski definition) is 1. The molecule has 0 saturated heterocycles. The molecular weight excluding hydrogens is 340 g/mol. The van der Waals surface area contributed by atoms with Gasteiger partial charge in [0.15, 0.2) is 0 Å². The molecule has 3 nitrogen and oxygen atoms in total. The Kier molecular flexibility index (Phi) is 6.16. The molecule has 2 rings (SSSR count). The summed E-state index contributed by atoms with van der Waals surface area (Å²) >= 11 is 3.40. The van der Waals surface area contributed by atoms with Crippen molar-refractivity contribution in [1.29, 1.82) is 0 Å². The topological polar surface area (TPSA) is 35.8 Å². The number of aromatic hydroxyl groups is 1. The fourth-order valence-corrected chi connectivity index (χ4v) is 2.58. The van der Waals surface area contributed by atoms with Crippen LogP contribution in [0.4, 0.5) is 0 Å². The molecule has 2 aromatic rings. The highest BCUT2D eigenvalue weighted by atomic mass is 79.9. The Bertz CT molecular complexity index is 626. The van der Waals surface area contributed by atoms with Crippen molar-refractivity contribution >= 4 is 22.1 Å². The number of benzene rings is 2. The molecule has 0 aliphatic carbocycles. The van der Waals surface area contributed by atoms with Crippen LogP contribution in [0.2, 0.25) is 0 Å². The molecule has 1 N–H and O–H groups in total. The van der Waals surface area contributed by atoms with Gasteiger partial charge in [0.25, 0.3) is 0 Å². The summed E-state index contributed by atoms with van der Waals surface area (Å²) in [6.45, 7) is 0.688. The fraction of sp³-hybridized carbons (Fsp3) is 0.278. The Hall–Kier alpha value is -1.65. The van der Waals surface area contributed by atoms with E-state index in [1.54, 1.807) is 12.3 Å². The molecule has 0 aliphatic heterocycles. The van der Waals surface area contributed by atoms with Crippen molar-refractivity contribution in [3.63, 3.8) is 0 Å². The largest absolute Gasteiger partial charge is 0.507 e. The second-order valence-electron chi connectivity index (χ2n) is 5.50. The first kappa shape index (κ1) is 16.7. The molecular formula is C18H21BrN2O. The number of hydrogen-bond acceptors (Lipinski definition) is 3. The van der Waals surface area contributed by atoms with Crippen molar-refractivity contribution in [2.75, 3.05) is 20.6 Å². The number of likely N-dealkylation sites (N-methyl/N-ethyl adjacent to an activating group) is 1. The summed E-state index contributed by atoms with van der Waals surface area (Å²) in [5.74, 6) is 0.247. The summed E-state index contributed by atoms with van der Waals surface area (Å²) in [5, 5.41) is 9.82. The molecule has 0 unspecified atom stereocenters. The summed E-state index contributed by atoms with van der Waals surface area (Å²) in [6, 6.07) is 16.1. The first-order valence-electron chi connectivity index (χ1n) is 7.25. The highest BCUT2D eigenvalue weighted by Crippen LogP contribution is 2.20. The van der Waals surface area contributed by atoms with Gasteiger partial charge in [-0.05, 0) is 44.3 Å². The zero-order chi connectivity index (χ0) is 15.9. The zero-order valence-corrected chi connectivity index (χ0v) is 14.5. The minimum Gasteiger partial charge on any atom is -0.507 e. The van der Waals surface area contributed by atoms with Gasteiger partial charge in [-0.25, -0.2) is 0 Å². The van der Waals surface area contributed by atoms with Gasteiger partial charge in [0.05, 0.1) is 6.54 Å². The van der Waals surface area contributed by atoms with Gasteiger partial charge < -0.3 is 10.0 Å². The number of phenolic OH excluding ortho intramolecular Hbond substituents is 1. The van der Waals surface area contributed by atoms with Crippen molar-refractivity contribution < 1.29 is 5.11 Å². The molecule has 0 bridgehead atoms. The van der Waals surface area contributed by atoms with Crippen LogP contribution in [0.3, 0.4) is 0 Å². The number of rotatable bonds is 6. The van der Waals surface area contributed by atoms with Crippen LogP contribution in [0.25, 0.3) is 0 Å². The first-order valence-corrected chi connectivity index (χ1v) is 8.04. The van der Waals surface area contributed by atoms with E-state index in [4.69, 9.17) is 0 Å². The second-order valence-corrected chi connectivity index (χ2v) is 6.42. The smallest absolute Gasteiger partial charge is 0.124 e. The van der Waals surface area contributed by atoms with Gasteiger partial charge in [0.1, 0.15) is 5.75 Å². The third kappa shape index (κ3) is 4.97. The van der Waals surface area contributed by atoms with Crippen LogP contribution < -0.4 is 0 Å². The van der Waals surface area contributed by atoms with Crippen LogP contribution in [0.5, 0.6) is 5.75 Å². The number of halogens is 1. The number of nitrogens with zero attached hydrogens (tertiary/aromatic N) is 2. The van der Waals surface area contributed by atoms with E-state index < -0.39 is 0 Å². The van der Waals surface area contributed by atoms with E-state index in [1.807, 2.05) is 18.2 Å². The van der Waals surface area contributed by atoms with E-state index in [2.05, 4.69) is 64.2 Å². The lowest BCUT2D eigenvalue weighted by Gasteiger charge is -2.22. The predicted molar refractivity (Wildman–Crippen MR) is 95.9 cm³/mol. The molecule has 0 aromatic heterocycles. The normalized spacial score (nSPS) is 12.9. The fourth-order valence-electron chi connectivity index (χ4n) is 2.20. The number of aliphatic imine (C=N–C) groups is 1. The van der Waals surface area contributed by atoms with Gasteiger partial charge in [0, 0.05) is 22.3 Å². The van der Waals surface area contributed by atoms with E-state index in [9.17, 15) is 5.11 Å². The van der Waals surface area contributed by atoms with Gasteiger partial charge in [-0.3, -0.25) is 4.99 Å². The van der Waals surface area contributed by atoms with Crippen LogP contribution in [-0.2, 0) is 6.42 Å². The minimum atomic E-state index is 0.247. The van der Waals surface area contributed by atoms with Crippen molar-refractivity contribution in [1.82, 2.24) is 4.90 Å². The average Bonchev–Trinajstić information content (AvgIpc) is 2.50. The van der Waals surface area contributed by atoms with E-state index in [-0.39, 0.29) is 5.75 Å².